The lowest BCUT2D eigenvalue weighted by Gasteiger charge is -2.31. The van der Waals surface area contributed by atoms with Crippen molar-refractivity contribution in [3.8, 4) is 11.4 Å². The van der Waals surface area contributed by atoms with Crippen LogP contribution in [0.2, 0.25) is 0 Å². The Morgan fingerprint density at radius 1 is 1.00 bits per heavy atom. The van der Waals surface area contributed by atoms with Crippen LogP contribution in [0.1, 0.15) is 28.4 Å². The summed E-state index contributed by atoms with van der Waals surface area (Å²) in [6, 6.07) is 28.3. The van der Waals surface area contributed by atoms with Crippen LogP contribution in [0, 0.1) is 0 Å². The highest BCUT2D eigenvalue weighted by atomic mass is 16.5. The fourth-order valence-electron chi connectivity index (χ4n) is 4.71. The first-order valence-corrected chi connectivity index (χ1v) is 11.8. The largest absolute Gasteiger partial charge is 0.497 e. The highest BCUT2D eigenvalue weighted by Crippen LogP contribution is 2.37. The number of hydrogen-bond acceptors (Lipinski definition) is 3. The normalized spacial score (nSPS) is 14.5. The maximum absolute atomic E-state index is 13.7. The van der Waals surface area contributed by atoms with Crippen LogP contribution in [0.5, 0.6) is 5.75 Å². The molecule has 0 spiro atoms. The zero-order valence-electron chi connectivity index (χ0n) is 20.3. The number of urea groups is 1. The number of fused-ring (bicyclic) bond motifs is 3. The SMILES string of the molecule is COc1cccc(CNC(=O)N2Cc3ccccc3-n3cccc3[C@H]2c2ccc(N(C)C)cc2)c1. The zero-order valence-corrected chi connectivity index (χ0v) is 20.3. The van der Waals surface area contributed by atoms with Crippen LogP contribution >= 0.6 is 0 Å². The Labute approximate surface area is 206 Å². The molecule has 178 valence electrons. The van der Waals surface area contributed by atoms with E-state index in [1.807, 2.05) is 61.5 Å². The summed E-state index contributed by atoms with van der Waals surface area (Å²) in [6.45, 7) is 0.920. The molecule has 5 rings (SSSR count). The summed E-state index contributed by atoms with van der Waals surface area (Å²) in [7, 11) is 5.70. The van der Waals surface area contributed by atoms with E-state index in [4.69, 9.17) is 4.74 Å². The maximum atomic E-state index is 13.7. The number of nitrogens with zero attached hydrogens (tertiary/aromatic N) is 3. The minimum atomic E-state index is -0.237. The van der Waals surface area contributed by atoms with Crippen molar-refractivity contribution in [3.05, 3.63) is 114 Å². The number of rotatable bonds is 5. The summed E-state index contributed by atoms with van der Waals surface area (Å²) in [4.78, 5) is 17.8. The van der Waals surface area contributed by atoms with E-state index in [2.05, 4.69) is 63.4 Å². The van der Waals surface area contributed by atoms with Crippen molar-refractivity contribution in [2.75, 3.05) is 26.1 Å². The first kappa shape index (κ1) is 22.6. The Kier molecular flexibility index (Phi) is 6.19. The number of amides is 2. The van der Waals surface area contributed by atoms with Crippen LogP contribution in [0.3, 0.4) is 0 Å². The van der Waals surface area contributed by atoms with Crippen LogP contribution in [0.25, 0.3) is 5.69 Å². The Morgan fingerprint density at radius 2 is 1.80 bits per heavy atom. The molecule has 1 atom stereocenters. The van der Waals surface area contributed by atoms with E-state index >= 15 is 0 Å². The van der Waals surface area contributed by atoms with Gasteiger partial charge < -0.3 is 24.4 Å². The Bertz CT molecular complexity index is 1330. The van der Waals surface area contributed by atoms with Crippen LogP contribution < -0.4 is 15.0 Å². The lowest BCUT2D eigenvalue weighted by molar-refractivity contribution is 0.180. The summed E-state index contributed by atoms with van der Waals surface area (Å²) in [5.41, 5.74) is 6.45. The molecule has 6 heteroatoms. The molecule has 6 nitrogen and oxygen atoms in total. The van der Waals surface area contributed by atoms with Crippen molar-refractivity contribution in [2.45, 2.75) is 19.1 Å². The summed E-state index contributed by atoms with van der Waals surface area (Å²) in [6.07, 6.45) is 2.08. The average molecular weight is 467 g/mol. The molecule has 2 amide bonds. The van der Waals surface area contributed by atoms with Gasteiger partial charge in [0.15, 0.2) is 0 Å². The van der Waals surface area contributed by atoms with Gasteiger partial charge >= 0.3 is 6.03 Å². The molecule has 0 unspecified atom stereocenters. The number of anilines is 1. The van der Waals surface area contributed by atoms with E-state index in [1.165, 1.54) is 0 Å². The van der Waals surface area contributed by atoms with Crippen LogP contribution in [-0.2, 0) is 13.1 Å². The smallest absolute Gasteiger partial charge is 0.318 e. The van der Waals surface area contributed by atoms with E-state index in [-0.39, 0.29) is 12.1 Å². The van der Waals surface area contributed by atoms with Crippen molar-refractivity contribution < 1.29 is 9.53 Å². The molecule has 1 aromatic heterocycles. The van der Waals surface area contributed by atoms with E-state index in [1.54, 1.807) is 7.11 Å². The number of hydrogen-bond donors (Lipinski definition) is 1. The molecule has 1 aliphatic heterocycles. The minimum absolute atomic E-state index is 0.112. The summed E-state index contributed by atoms with van der Waals surface area (Å²) in [5, 5.41) is 3.14. The minimum Gasteiger partial charge on any atom is -0.497 e. The van der Waals surface area contributed by atoms with Crippen molar-refractivity contribution in [1.29, 1.82) is 0 Å². The number of carbonyl (C=O) groups excluding carboxylic acids is 1. The van der Waals surface area contributed by atoms with Gasteiger partial charge in [0.1, 0.15) is 5.75 Å². The van der Waals surface area contributed by atoms with Crippen LogP contribution in [0.15, 0.2) is 91.1 Å². The van der Waals surface area contributed by atoms with Gasteiger partial charge in [0.2, 0.25) is 0 Å². The van der Waals surface area contributed by atoms with Crippen molar-refractivity contribution in [3.63, 3.8) is 0 Å². The molecular formula is C29H30N4O2. The lowest BCUT2D eigenvalue weighted by Crippen LogP contribution is -2.41. The summed E-state index contributed by atoms with van der Waals surface area (Å²) < 4.78 is 7.54. The number of benzene rings is 3. The molecule has 0 bridgehead atoms. The monoisotopic (exact) mass is 466 g/mol. The summed E-state index contributed by atoms with van der Waals surface area (Å²) in [5.74, 6) is 0.775. The van der Waals surface area contributed by atoms with Crippen molar-refractivity contribution in [1.82, 2.24) is 14.8 Å². The first-order valence-electron chi connectivity index (χ1n) is 11.8. The topological polar surface area (TPSA) is 49.7 Å². The molecule has 35 heavy (non-hydrogen) atoms. The standard InChI is InChI=1S/C29H30N4O2/c1-31(2)24-15-13-22(14-16-24)28-27-12-7-17-32(27)26-11-5-4-9-23(26)20-33(28)29(34)30-19-21-8-6-10-25(18-21)35-3/h4-18,28H,19-20H2,1-3H3,(H,30,34)/t28-/m1/s1. The molecule has 3 aromatic carbocycles. The molecule has 0 fully saturated rings. The van der Waals surface area contributed by atoms with Crippen molar-refractivity contribution in [2.24, 2.45) is 0 Å². The van der Waals surface area contributed by atoms with Gasteiger partial charge in [-0.3, -0.25) is 0 Å². The van der Waals surface area contributed by atoms with Gasteiger partial charge in [0.25, 0.3) is 0 Å². The molecule has 4 aromatic rings. The van der Waals surface area contributed by atoms with Gasteiger partial charge in [0.05, 0.1) is 25.4 Å². The van der Waals surface area contributed by atoms with E-state index in [0.717, 1.165) is 39.5 Å². The van der Waals surface area contributed by atoms with Gasteiger partial charge in [-0.15, -0.1) is 0 Å². The third-order valence-electron chi connectivity index (χ3n) is 6.53. The number of carbonyl (C=O) groups is 1. The average Bonchev–Trinajstić information content (AvgIpc) is 3.31. The highest BCUT2D eigenvalue weighted by Gasteiger charge is 2.32. The van der Waals surface area contributed by atoms with Gasteiger partial charge in [-0.2, -0.15) is 0 Å². The second-order valence-corrected chi connectivity index (χ2v) is 8.96. The third-order valence-corrected chi connectivity index (χ3v) is 6.53. The zero-order chi connectivity index (χ0) is 24.4. The van der Waals surface area contributed by atoms with Crippen LogP contribution in [-0.4, -0.2) is 36.7 Å². The predicted molar refractivity (Wildman–Crippen MR) is 139 cm³/mol. The molecule has 1 N–H and O–H groups in total. The maximum Gasteiger partial charge on any atom is 0.318 e. The number of nitrogens with one attached hydrogen (secondary N) is 1. The van der Waals surface area contributed by atoms with E-state index in [9.17, 15) is 4.79 Å². The van der Waals surface area contributed by atoms with E-state index < -0.39 is 0 Å². The van der Waals surface area contributed by atoms with Crippen molar-refractivity contribution >= 4 is 11.7 Å². The number of methoxy groups -OCH3 is 1. The van der Waals surface area contributed by atoms with Gasteiger partial charge in [-0.1, -0.05) is 42.5 Å². The molecule has 0 radical (unpaired) electrons. The Morgan fingerprint density at radius 3 is 2.57 bits per heavy atom. The highest BCUT2D eigenvalue weighted by molar-refractivity contribution is 5.76. The predicted octanol–water partition coefficient (Wildman–Crippen LogP) is 5.37. The van der Waals surface area contributed by atoms with Gasteiger partial charge in [-0.05, 0) is 59.2 Å². The Hall–Kier alpha value is -4.19. The number of aromatic nitrogens is 1. The quantitative estimate of drug-likeness (QED) is 0.430. The number of para-hydroxylation sites is 1. The molecular weight excluding hydrogens is 436 g/mol. The van der Waals surface area contributed by atoms with Gasteiger partial charge in [-0.25, -0.2) is 4.79 Å². The van der Waals surface area contributed by atoms with E-state index in [0.29, 0.717) is 13.1 Å². The Balaban J connectivity index is 1.53. The summed E-state index contributed by atoms with van der Waals surface area (Å²) >= 11 is 0. The second kappa shape index (κ2) is 9.58. The molecule has 0 aliphatic carbocycles. The molecule has 0 saturated heterocycles. The molecule has 1 aliphatic rings. The lowest BCUT2D eigenvalue weighted by atomic mass is 10.0. The molecule has 0 saturated carbocycles. The third kappa shape index (κ3) is 4.47. The molecule has 2 heterocycles. The second-order valence-electron chi connectivity index (χ2n) is 8.96. The fraction of sp³-hybridized carbons (Fsp3) is 0.207. The fourth-order valence-corrected chi connectivity index (χ4v) is 4.71. The first-order chi connectivity index (χ1) is 17.0. The number of ether oxygens (including phenoxy) is 1. The van der Waals surface area contributed by atoms with Gasteiger partial charge in [0, 0.05) is 38.2 Å². The van der Waals surface area contributed by atoms with Crippen LogP contribution in [0.4, 0.5) is 10.5 Å².